The fourth-order valence-corrected chi connectivity index (χ4v) is 8.24. The van der Waals surface area contributed by atoms with E-state index < -0.39 is 132 Å². The molecule has 80 heavy (non-hydrogen) atoms. The number of aliphatic hydroxyl groups excluding tert-OH is 1. The van der Waals surface area contributed by atoms with Gasteiger partial charge in [0.05, 0.1) is 6.61 Å². The molecule has 18 N–H and O–H groups in total. The summed E-state index contributed by atoms with van der Waals surface area (Å²) in [6.45, 7) is 13.0. The van der Waals surface area contributed by atoms with Crippen LogP contribution in [0.25, 0.3) is 0 Å². The molecule has 0 aliphatic heterocycles. The summed E-state index contributed by atoms with van der Waals surface area (Å²) in [6.07, 6.45) is -0.544. The van der Waals surface area contributed by atoms with Gasteiger partial charge in [0, 0.05) is 6.42 Å². The minimum absolute atomic E-state index is 0.00485. The summed E-state index contributed by atoms with van der Waals surface area (Å²) in [4.78, 5) is 136. The third-order valence-electron chi connectivity index (χ3n) is 12.9. The number of hydrogen-bond acceptors (Lipinski definition) is 15. The van der Waals surface area contributed by atoms with Crippen LogP contribution >= 0.6 is 0 Å². The van der Waals surface area contributed by atoms with Crippen molar-refractivity contribution in [2.75, 3.05) is 26.2 Å². The maximum absolute atomic E-state index is 14.5. The molecule has 0 saturated heterocycles. The average molecular weight is 1120 g/mol. The van der Waals surface area contributed by atoms with Gasteiger partial charge >= 0.3 is 6.09 Å². The van der Waals surface area contributed by atoms with Gasteiger partial charge in [-0.1, -0.05) is 122 Å². The largest absolute Gasteiger partial charge is 0.445 e. The topological polar surface area (TPSA) is 413 Å². The van der Waals surface area contributed by atoms with Crippen molar-refractivity contribution in [3.63, 3.8) is 0 Å². The summed E-state index contributed by atoms with van der Waals surface area (Å²) >= 11 is 0. The Hall–Kier alpha value is -7.22. The van der Waals surface area contributed by atoms with E-state index >= 15 is 0 Å². The quantitative estimate of drug-likeness (QED) is 0.0378. The van der Waals surface area contributed by atoms with Gasteiger partial charge in [0.1, 0.15) is 61.0 Å². The van der Waals surface area contributed by atoms with E-state index in [1.807, 2.05) is 19.9 Å². The molecule has 0 fully saturated rings. The van der Waals surface area contributed by atoms with Crippen molar-refractivity contribution in [3.8, 4) is 0 Å². The van der Waals surface area contributed by atoms with E-state index in [2.05, 4.69) is 47.9 Å². The molecule has 2 aromatic carbocycles. The minimum atomic E-state index is -1.41. The van der Waals surface area contributed by atoms with E-state index in [1.165, 1.54) is 0 Å². The van der Waals surface area contributed by atoms with Gasteiger partial charge in [-0.3, -0.25) is 43.2 Å². The summed E-state index contributed by atoms with van der Waals surface area (Å²) in [7, 11) is 0. The Balaban J connectivity index is 2.38. The van der Waals surface area contributed by atoms with E-state index in [4.69, 9.17) is 27.7 Å². The lowest BCUT2D eigenvalue weighted by molar-refractivity contribution is -0.136. The third kappa shape index (κ3) is 24.4. The Bertz CT molecular complexity index is 2310. The zero-order chi connectivity index (χ0) is 60.1. The van der Waals surface area contributed by atoms with Crippen LogP contribution in [-0.4, -0.2) is 145 Å². The summed E-state index contributed by atoms with van der Waals surface area (Å²) < 4.78 is 5.30. The molecule has 0 unspecified atom stereocenters. The number of amides is 10. The number of aliphatic hydroxyl groups is 1. The zero-order valence-corrected chi connectivity index (χ0v) is 47.5. The molecule has 25 heteroatoms. The van der Waals surface area contributed by atoms with Gasteiger partial charge in [0.15, 0.2) is 0 Å². The second-order valence-corrected chi connectivity index (χ2v) is 21.0. The molecule has 446 valence electrons. The smallest absolute Gasteiger partial charge is 0.408 e. The van der Waals surface area contributed by atoms with Gasteiger partial charge in [0.25, 0.3) is 0 Å². The second kappa shape index (κ2) is 36.1. The lowest BCUT2D eigenvalue weighted by Crippen LogP contribution is -2.62. The first-order valence-corrected chi connectivity index (χ1v) is 27.3. The number of carbonyl (C=O) groups excluding carboxylic acids is 10. The van der Waals surface area contributed by atoms with Gasteiger partial charge in [-0.15, -0.1) is 0 Å². The van der Waals surface area contributed by atoms with Crippen molar-refractivity contribution < 1.29 is 57.8 Å². The van der Waals surface area contributed by atoms with Crippen LogP contribution in [0, 0.1) is 23.7 Å². The molecule has 25 nitrogen and oxygen atoms in total. The Labute approximate surface area is 469 Å². The van der Waals surface area contributed by atoms with Gasteiger partial charge in [0.2, 0.25) is 53.2 Å². The first-order valence-electron chi connectivity index (χ1n) is 27.3. The number of benzene rings is 2. The SMILES string of the molecule is CC[C@H](C)[C@H](NC(=O)[C@H](CCN)NC(=O)OCc1ccccc1)C(=O)N[C@@H](CCN)C(=O)N[C@H](Cc1ccccc1)C(=O)N[C@@H](CC(C)C)C(=O)N[C@@H](CCN)C(=O)N[C@@H](C(=O)N[C@@H](CC(C)C)C(=O)N[C@@H](CO)C(N)=O)C(C)C. The predicted octanol–water partition coefficient (Wildman–Crippen LogP) is -1.28. The number of ether oxygens (including phenoxy) is 1. The normalized spacial score (nSPS) is 15.0. The van der Waals surface area contributed by atoms with Crippen molar-refractivity contribution in [1.82, 2.24) is 47.9 Å². The Morgan fingerprint density at radius 3 is 1.26 bits per heavy atom. The molecule has 0 bridgehead atoms. The summed E-state index contributed by atoms with van der Waals surface area (Å²) in [5, 5.41) is 33.2. The highest BCUT2D eigenvalue weighted by Gasteiger charge is 2.37. The number of nitrogens with two attached hydrogens (primary N) is 4. The van der Waals surface area contributed by atoms with Crippen LogP contribution in [0.1, 0.15) is 105 Å². The lowest BCUT2D eigenvalue weighted by atomic mass is 9.97. The van der Waals surface area contributed by atoms with Crippen LogP contribution in [-0.2, 0) is 60.9 Å². The minimum Gasteiger partial charge on any atom is -0.445 e. The fourth-order valence-electron chi connectivity index (χ4n) is 8.24. The second-order valence-electron chi connectivity index (χ2n) is 21.0. The molecule has 2 rings (SSSR count). The van der Waals surface area contributed by atoms with Gasteiger partial charge < -0.3 is 80.6 Å². The van der Waals surface area contributed by atoms with Gasteiger partial charge in [-0.2, -0.15) is 0 Å². The van der Waals surface area contributed by atoms with E-state index in [0.29, 0.717) is 12.0 Å². The average Bonchev–Trinajstić information content (AvgIpc) is 3.41. The van der Waals surface area contributed by atoms with E-state index in [-0.39, 0.29) is 76.6 Å². The first kappa shape index (κ1) is 68.9. The number of rotatable bonds is 36. The van der Waals surface area contributed by atoms with Crippen molar-refractivity contribution in [1.29, 1.82) is 0 Å². The first-order chi connectivity index (χ1) is 37.9. The van der Waals surface area contributed by atoms with E-state index in [0.717, 1.165) is 5.56 Å². The highest BCUT2D eigenvalue weighted by Crippen LogP contribution is 2.14. The van der Waals surface area contributed by atoms with Crippen molar-refractivity contribution in [2.45, 2.75) is 161 Å². The molecular weight excluding hydrogens is 1030 g/mol. The van der Waals surface area contributed by atoms with Crippen LogP contribution in [0.5, 0.6) is 0 Å². The maximum Gasteiger partial charge on any atom is 0.408 e. The van der Waals surface area contributed by atoms with Crippen molar-refractivity contribution >= 4 is 59.3 Å². The summed E-state index contributed by atoms with van der Waals surface area (Å²) in [6, 6.07) is 6.10. The molecule has 0 saturated carbocycles. The fraction of sp³-hybridized carbons (Fsp3) is 0.600. The molecule has 10 amide bonds. The molecule has 0 aliphatic rings. The number of alkyl carbamates (subject to hydrolysis) is 1. The van der Waals surface area contributed by atoms with E-state index in [1.54, 1.807) is 96.1 Å². The van der Waals surface area contributed by atoms with Crippen LogP contribution in [0.15, 0.2) is 60.7 Å². The standard InChI is InChI=1S/C55H89N13O12/c1-9-34(8)45(68-49(73)39(22-25-58)66-55(79)80-30-36-18-14-11-15-19-36)54(78)61-37(20-23-56)47(71)63-42(28-35-16-12-10-13-17-35)52(76)62-40(26-31(2)3)50(74)60-38(21-24-57)48(72)67-44(33(6)7)53(77)64-41(27-32(4)5)51(75)65-43(29-69)46(59)70/h10-19,31-34,37-45,69H,9,20-30,56-58H2,1-8H3,(H2,59,70)(H,60,74)(H,61,78)(H,62,76)(H,63,71)(H,64,77)(H,65,75)(H,66,79)(H,67,72)(H,68,73)/t34-,37-,38-,39-,40-,41-,42+,43-,44+,45-/m0/s1. The van der Waals surface area contributed by atoms with Crippen molar-refractivity contribution in [3.05, 3.63) is 71.8 Å². The highest BCUT2D eigenvalue weighted by molar-refractivity contribution is 5.98. The molecule has 2 aromatic rings. The van der Waals surface area contributed by atoms with Crippen LogP contribution in [0.2, 0.25) is 0 Å². The Morgan fingerprint density at radius 2 is 0.825 bits per heavy atom. The third-order valence-corrected chi connectivity index (χ3v) is 12.9. The highest BCUT2D eigenvalue weighted by atomic mass is 16.5. The molecule has 0 aromatic heterocycles. The van der Waals surface area contributed by atoms with Crippen LogP contribution < -0.4 is 70.8 Å². The molecular formula is C55H89N13O12. The predicted molar refractivity (Wildman–Crippen MR) is 300 cm³/mol. The number of nitrogens with one attached hydrogen (secondary N) is 9. The van der Waals surface area contributed by atoms with Crippen LogP contribution in [0.3, 0.4) is 0 Å². The van der Waals surface area contributed by atoms with E-state index in [9.17, 15) is 53.1 Å². The number of carbonyl (C=O) groups is 10. The zero-order valence-electron chi connectivity index (χ0n) is 47.5. The van der Waals surface area contributed by atoms with Crippen LogP contribution in [0.4, 0.5) is 4.79 Å². The lowest BCUT2D eigenvalue weighted by Gasteiger charge is -2.30. The summed E-state index contributed by atoms with van der Waals surface area (Å²) in [5.41, 5.74) is 24.3. The molecule has 0 spiro atoms. The van der Waals surface area contributed by atoms with Crippen molar-refractivity contribution in [2.24, 2.45) is 46.6 Å². The molecule has 0 heterocycles. The molecule has 0 radical (unpaired) electrons. The monoisotopic (exact) mass is 1120 g/mol. The maximum atomic E-state index is 14.5. The Morgan fingerprint density at radius 1 is 0.463 bits per heavy atom. The molecule has 10 atom stereocenters. The molecule has 0 aliphatic carbocycles. The van der Waals surface area contributed by atoms with Gasteiger partial charge in [-0.25, -0.2) is 4.79 Å². The number of primary amides is 1. The number of hydrogen-bond donors (Lipinski definition) is 14. The Kier molecular flexibility index (Phi) is 31.1. The summed E-state index contributed by atoms with van der Waals surface area (Å²) in [5.74, 6) is -8.51. The van der Waals surface area contributed by atoms with Gasteiger partial charge in [-0.05, 0) is 86.5 Å².